The number of esters is 1. The summed E-state index contributed by atoms with van der Waals surface area (Å²) in [5.41, 5.74) is 1.59. The predicted molar refractivity (Wildman–Crippen MR) is 113 cm³/mol. The molecule has 1 aliphatic rings. The Hall–Kier alpha value is -2.21. The second-order valence-electron chi connectivity index (χ2n) is 7.51. The molecular formula is C23H23BrNO3+. The third-order valence-electron chi connectivity index (χ3n) is 5.34. The van der Waals surface area contributed by atoms with Crippen molar-refractivity contribution in [1.82, 2.24) is 0 Å². The average molecular weight is 441 g/mol. The van der Waals surface area contributed by atoms with Gasteiger partial charge in [0.15, 0.2) is 0 Å². The van der Waals surface area contributed by atoms with E-state index in [0.717, 1.165) is 58.1 Å². The van der Waals surface area contributed by atoms with Crippen molar-refractivity contribution in [3.8, 4) is 5.75 Å². The van der Waals surface area contributed by atoms with Gasteiger partial charge in [-0.05, 0) is 35.7 Å². The lowest BCUT2D eigenvalue weighted by Gasteiger charge is -2.38. The zero-order valence-electron chi connectivity index (χ0n) is 15.9. The zero-order valence-corrected chi connectivity index (χ0v) is 17.4. The summed E-state index contributed by atoms with van der Waals surface area (Å²) in [4.78, 5) is 12.8. The first-order valence-corrected chi connectivity index (χ1v) is 10.2. The minimum Gasteiger partial charge on any atom is -0.422 e. The molecule has 3 aromatic carbocycles. The van der Waals surface area contributed by atoms with Crippen LogP contribution in [0.25, 0.3) is 10.8 Å². The highest BCUT2D eigenvalue weighted by Crippen LogP contribution is 2.33. The summed E-state index contributed by atoms with van der Waals surface area (Å²) in [6.07, 6.45) is 0. The Kier molecular flexibility index (Phi) is 5.49. The van der Waals surface area contributed by atoms with Crippen LogP contribution in [-0.2, 0) is 11.3 Å². The normalized spacial score (nSPS) is 16.1. The maximum Gasteiger partial charge on any atom is 0.343 e. The second-order valence-corrected chi connectivity index (χ2v) is 8.42. The molecule has 0 bridgehead atoms. The fourth-order valence-electron chi connectivity index (χ4n) is 3.62. The number of fused-ring (bicyclic) bond motifs is 1. The molecule has 144 valence electrons. The van der Waals surface area contributed by atoms with E-state index in [1.165, 1.54) is 0 Å². The van der Waals surface area contributed by atoms with Crippen LogP contribution < -0.4 is 4.74 Å². The maximum absolute atomic E-state index is 12.8. The van der Waals surface area contributed by atoms with Crippen molar-refractivity contribution >= 4 is 32.7 Å². The number of carbonyl (C=O) groups excluding carboxylic acids is 1. The number of carbonyl (C=O) groups is 1. The highest BCUT2D eigenvalue weighted by molar-refractivity contribution is 9.10. The van der Waals surface area contributed by atoms with Gasteiger partial charge in [0.05, 0.1) is 25.8 Å². The number of rotatable bonds is 4. The summed E-state index contributed by atoms with van der Waals surface area (Å²) in [6, 6.07) is 19.5. The van der Waals surface area contributed by atoms with Gasteiger partial charge in [0.25, 0.3) is 0 Å². The molecule has 0 amide bonds. The molecule has 1 saturated heterocycles. The first-order valence-electron chi connectivity index (χ1n) is 9.44. The molecule has 0 aromatic heterocycles. The number of benzene rings is 3. The molecule has 0 aliphatic carbocycles. The van der Waals surface area contributed by atoms with Crippen molar-refractivity contribution in [2.75, 3.05) is 33.4 Å². The Morgan fingerprint density at radius 3 is 2.50 bits per heavy atom. The summed E-state index contributed by atoms with van der Waals surface area (Å²) in [5.74, 6) is 0.326. The van der Waals surface area contributed by atoms with Gasteiger partial charge in [-0.2, -0.15) is 0 Å². The lowest BCUT2D eigenvalue weighted by Crippen LogP contribution is -2.51. The standard InChI is InChI=1S/C23H23BrNO3/c1-25(12-14-27-15-13-25)16-19-7-6-17-4-2-3-5-21(17)22(19)28-23(26)18-8-10-20(24)11-9-18/h2-11H,12-16H2,1H3/q+1. The molecule has 0 N–H and O–H groups in total. The molecule has 0 unspecified atom stereocenters. The van der Waals surface area contributed by atoms with E-state index in [2.05, 4.69) is 35.1 Å². The Labute approximate surface area is 173 Å². The molecule has 1 heterocycles. The van der Waals surface area contributed by atoms with Gasteiger partial charge in [0, 0.05) is 15.4 Å². The quantitative estimate of drug-likeness (QED) is 0.332. The van der Waals surface area contributed by atoms with Crippen LogP contribution >= 0.6 is 15.9 Å². The first-order chi connectivity index (χ1) is 13.5. The van der Waals surface area contributed by atoms with Crippen LogP contribution in [0.15, 0.2) is 65.1 Å². The third kappa shape index (κ3) is 4.12. The van der Waals surface area contributed by atoms with Crippen molar-refractivity contribution in [2.45, 2.75) is 6.54 Å². The fourth-order valence-corrected chi connectivity index (χ4v) is 3.89. The van der Waals surface area contributed by atoms with Crippen LogP contribution in [-0.4, -0.2) is 43.8 Å². The SMILES string of the molecule is C[N+]1(Cc2ccc3ccccc3c2OC(=O)c2ccc(Br)cc2)CCOCC1. The number of morpholine rings is 1. The largest absolute Gasteiger partial charge is 0.422 e. The Balaban J connectivity index is 1.71. The van der Waals surface area contributed by atoms with Gasteiger partial charge in [-0.1, -0.05) is 46.3 Å². The minimum absolute atomic E-state index is 0.338. The van der Waals surface area contributed by atoms with Crippen LogP contribution in [0.1, 0.15) is 15.9 Å². The molecule has 4 nitrogen and oxygen atoms in total. The van der Waals surface area contributed by atoms with E-state index in [1.54, 1.807) is 12.1 Å². The minimum atomic E-state index is -0.338. The summed E-state index contributed by atoms with van der Waals surface area (Å²) in [7, 11) is 2.23. The fraction of sp³-hybridized carbons (Fsp3) is 0.261. The lowest BCUT2D eigenvalue weighted by atomic mass is 10.0. The molecule has 28 heavy (non-hydrogen) atoms. The highest BCUT2D eigenvalue weighted by Gasteiger charge is 2.28. The monoisotopic (exact) mass is 440 g/mol. The summed E-state index contributed by atoms with van der Waals surface area (Å²) < 4.78 is 13.3. The smallest absolute Gasteiger partial charge is 0.343 e. The summed E-state index contributed by atoms with van der Waals surface area (Å²) >= 11 is 3.40. The van der Waals surface area contributed by atoms with Crippen molar-refractivity contribution in [3.63, 3.8) is 0 Å². The van der Waals surface area contributed by atoms with Crippen LogP contribution in [0.4, 0.5) is 0 Å². The number of hydrogen-bond donors (Lipinski definition) is 0. The molecule has 0 spiro atoms. The van der Waals surface area contributed by atoms with Gasteiger partial charge < -0.3 is 14.0 Å². The third-order valence-corrected chi connectivity index (χ3v) is 5.87. The second kappa shape index (κ2) is 8.03. The number of likely N-dealkylation sites (N-methyl/N-ethyl adjacent to an activating group) is 1. The van der Waals surface area contributed by atoms with E-state index in [0.29, 0.717) is 11.3 Å². The highest BCUT2D eigenvalue weighted by atomic mass is 79.9. The van der Waals surface area contributed by atoms with E-state index >= 15 is 0 Å². The van der Waals surface area contributed by atoms with Gasteiger partial charge in [-0.3, -0.25) is 0 Å². The molecule has 0 saturated carbocycles. The van der Waals surface area contributed by atoms with Crippen LogP contribution in [0.3, 0.4) is 0 Å². The molecule has 5 heteroatoms. The number of hydrogen-bond acceptors (Lipinski definition) is 3. The van der Waals surface area contributed by atoms with E-state index in [9.17, 15) is 4.79 Å². The molecule has 1 fully saturated rings. The Morgan fingerprint density at radius 1 is 1.04 bits per heavy atom. The van der Waals surface area contributed by atoms with Crippen molar-refractivity contribution < 1.29 is 18.8 Å². The number of halogens is 1. The topological polar surface area (TPSA) is 35.5 Å². The predicted octanol–water partition coefficient (Wildman–Crippen LogP) is 4.80. The summed E-state index contributed by atoms with van der Waals surface area (Å²) in [5, 5.41) is 2.03. The van der Waals surface area contributed by atoms with Crippen molar-refractivity contribution in [3.05, 3.63) is 76.3 Å². The Morgan fingerprint density at radius 2 is 1.75 bits per heavy atom. The first kappa shape index (κ1) is 19.1. The van der Waals surface area contributed by atoms with E-state index in [1.807, 2.05) is 36.4 Å². The molecule has 0 atom stereocenters. The molecule has 0 radical (unpaired) electrons. The maximum atomic E-state index is 12.8. The number of ether oxygens (including phenoxy) is 2. The summed E-state index contributed by atoms with van der Waals surface area (Å²) in [6.45, 7) is 4.23. The van der Waals surface area contributed by atoms with Gasteiger partial charge >= 0.3 is 5.97 Å². The van der Waals surface area contributed by atoms with Crippen molar-refractivity contribution in [2.24, 2.45) is 0 Å². The molecule has 3 aromatic rings. The van der Waals surface area contributed by atoms with Crippen LogP contribution in [0.5, 0.6) is 5.75 Å². The van der Waals surface area contributed by atoms with E-state index in [4.69, 9.17) is 9.47 Å². The van der Waals surface area contributed by atoms with Crippen molar-refractivity contribution in [1.29, 1.82) is 0 Å². The molecule has 1 aliphatic heterocycles. The lowest BCUT2D eigenvalue weighted by molar-refractivity contribution is -0.929. The van der Waals surface area contributed by atoms with Gasteiger partial charge in [-0.15, -0.1) is 0 Å². The Bertz CT molecular complexity index is 994. The number of quaternary nitrogens is 1. The van der Waals surface area contributed by atoms with Gasteiger partial charge in [0.2, 0.25) is 0 Å². The van der Waals surface area contributed by atoms with Crippen LogP contribution in [0, 0.1) is 0 Å². The van der Waals surface area contributed by atoms with E-state index < -0.39 is 0 Å². The van der Waals surface area contributed by atoms with Crippen LogP contribution in [0.2, 0.25) is 0 Å². The van der Waals surface area contributed by atoms with E-state index in [-0.39, 0.29) is 5.97 Å². The number of nitrogens with zero attached hydrogens (tertiary/aromatic N) is 1. The van der Waals surface area contributed by atoms with Gasteiger partial charge in [0.1, 0.15) is 25.4 Å². The zero-order chi connectivity index (χ0) is 19.6. The molecule has 4 rings (SSSR count). The van der Waals surface area contributed by atoms with Gasteiger partial charge in [-0.25, -0.2) is 4.79 Å². The average Bonchev–Trinajstić information content (AvgIpc) is 2.70. The molecular weight excluding hydrogens is 418 g/mol.